The summed E-state index contributed by atoms with van der Waals surface area (Å²) >= 11 is 0. The molecule has 0 saturated carbocycles. The third-order valence-electron chi connectivity index (χ3n) is 4.48. The molecule has 0 fully saturated rings. The molecule has 0 spiro atoms. The monoisotopic (exact) mass is 386 g/mol. The van der Waals surface area contributed by atoms with Crippen LogP contribution < -0.4 is 10.6 Å². The van der Waals surface area contributed by atoms with Crippen LogP contribution in [0, 0.1) is 0 Å². The van der Waals surface area contributed by atoms with Crippen molar-refractivity contribution in [3.63, 3.8) is 0 Å². The highest BCUT2D eigenvalue weighted by molar-refractivity contribution is 6.05. The van der Waals surface area contributed by atoms with E-state index in [2.05, 4.69) is 10.6 Å². The van der Waals surface area contributed by atoms with Crippen molar-refractivity contribution < 1.29 is 14.4 Å². The zero-order chi connectivity index (χ0) is 20.6. The summed E-state index contributed by atoms with van der Waals surface area (Å²) in [5.41, 5.74) is 3.16. The Morgan fingerprint density at radius 2 is 1.38 bits per heavy atom. The van der Waals surface area contributed by atoms with Gasteiger partial charge in [-0.2, -0.15) is 0 Å². The van der Waals surface area contributed by atoms with Crippen LogP contribution in [-0.4, -0.2) is 24.1 Å². The first kappa shape index (κ1) is 20.0. The molecule has 29 heavy (non-hydrogen) atoms. The van der Waals surface area contributed by atoms with Crippen molar-refractivity contribution in [1.82, 2.24) is 5.32 Å². The predicted octanol–water partition coefficient (Wildman–Crippen LogP) is 4.11. The van der Waals surface area contributed by atoms with Gasteiger partial charge in [-0.05, 0) is 55.3 Å². The molecule has 3 rings (SSSR count). The summed E-state index contributed by atoms with van der Waals surface area (Å²) in [6.45, 7) is 2.02. The summed E-state index contributed by atoms with van der Waals surface area (Å²) in [5, 5.41) is 5.64. The number of ketones is 1. The molecule has 0 aliphatic carbocycles. The Bertz CT molecular complexity index is 1010. The molecule has 0 bridgehead atoms. The van der Waals surface area contributed by atoms with Gasteiger partial charge in [-0.15, -0.1) is 0 Å². The van der Waals surface area contributed by atoms with Crippen LogP contribution in [0.4, 0.5) is 5.69 Å². The number of hydrogen-bond acceptors (Lipinski definition) is 3. The lowest BCUT2D eigenvalue weighted by Gasteiger charge is -2.08. The van der Waals surface area contributed by atoms with E-state index in [-0.39, 0.29) is 17.6 Å². The predicted molar refractivity (Wildman–Crippen MR) is 113 cm³/mol. The van der Waals surface area contributed by atoms with E-state index in [0.29, 0.717) is 28.9 Å². The van der Waals surface area contributed by atoms with Crippen molar-refractivity contribution in [3.05, 3.63) is 101 Å². The van der Waals surface area contributed by atoms with E-state index in [1.165, 1.54) is 6.92 Å². The minimum atomic E-state index is -0.304. The molecule has 0 aliphatic heterocycles. The van der Waals surface area contributed by atoms with E-state index in [1.54, 1.807) is 48.5 Å². The maximum absolute atomic E-state index is 12.4. The van der Waals surface area contributed by atoms with Crippen molar-refractivity contribution in [1.29, 1.82) is 0 Å². The van der Waals surface area contributed by atoms with E-state index in [1.807, 2.05) is 30.3 Å². The van der Waals surface area contributed by atoms with E-state index in [0.717, 1.165) is 12.0 Å². The number of carbonyl (C=O) groups is 3. The first-order chi connectivity index (χ1) is 14.0. The van der Waals surface area contributed by atoms with Crippen LogP contribution in [0.15, 0.2) is 78.9 Å². The Morgan fingerprint density at radius 3 is 2.03 bits per heavy atom. The van der Waals surface area contributed by atoms with Gasteiger partial charge in [0, 0.05) is 28.9 Å². The van der Waals surface area contributed by atoms with Gasteiger partial charge in [0.25, 0.3) is 11.8 Å². The van der Waals surface area contributed by atoms with E-state index >= 15 is 0 Å². The molecule has 0 heterocycles. The van der Waals surface area contributed by atoms with Gasteiger partial charge in [0.05, 0.1) is 0 Å². The Kier molecular flexibility index (Phi) is 6.53. The molecule has 3 aromatic rings. The highest BCUT2D eigenvalue weighted by Crippen LogP contribution is 2.13. The van der Waals surface area contributed by atoms with Gasteiger partial charge in [-0.3, -0.25) is 14.4 Å². The zero-order valence-corrected chi connectivity index (χ0v) is 16.1. The van der Waals surface area contributed by atoms with Crippen LogP contribution in [0.3, 0.4) is 0 Å². The topological polar surface area (TPSA) is 75.3 Å². The smallest absolute Gasteiger partial charge is 0.255 e. The maximum Gasteiger partial charge on any atom is 0.255 e. The van der Waals surface area contributed by atoms with E-state index in [4.69, 9.17) is 0 Å². The van der Waals surface area contributed by atoms with Gasteiger partial charge in [-0.1, -0.05) is 42.5 Å². The lowest BCUT2D eigenvalue weighted by Crippen LogP contribution is -2.25. The molecule has 0 radical (unpaired) electrons. The maximum atomic E-state index is 12.4. The molecule has 0 aromatic heterocycles. The Hall–Kier alpha value is -3.73. The van der Waals surface area contributed by atoms with Gasteiger partial charge in [0.2, 0.25) is 0 Å². The van der Waals surface area contributed by atoms with Crippen molar-refractivity contribution in [2.45, 2.75) is 13.3 Å². The number of anilines is 1. The second kappa shape index (κ2) is 9.46. The van der Waals surface area contributed by atoms with Gasteiger partial charge >= 0.3 is 0 Å². The molecule has 3 aromatic carbocycles. The SMILES string of the molecule is CC(=O)c1cccc(NC(=O)c2ccc(C(=O)NCCc3ccccc3)cc2)c1. The van der Waals surface area contributed by atoms with Crippen molar-refractivity contribution in [2.75, 3.05) is 11.9 Å². The number of benzene rings is 3. The van der Waals surface area contributed by atoms with Gasteiger partial charge in [0.15, 0.2) is 5.78 Å². The van der Waals surface area contributed by atoms with E-state index in [9.17, 15) is 14.4 Å². The van der Waals surface area contributed by atoms with Crippen LogP contribution in [0.1, 0.15) is 43.6 Å². The average molecular weight is 386 g/mol. The largest absolute Gasteiger partial charge is 0.352 e. The fourth-order valence-corrected chi connectivity index (χ4v) is 2.86. The normalized spacial score (nSPS) is 10.2. The third kappa shape index (κ3) is 5.62. The first-order valence-electron chi connectivity index (χ1n) is 9.37. The lowest BCUT2D eigenvalue weighted by molar-refractivity contribution is 0.0951. The summed E-state index contributed by atoms with van der Waals surface area (Å²) < 4.78 is 0. The number of rotatable bonds is 7. The molecule has 5 nitrogen and oxygen atoms in total. The standard InChI is InChI=1S/C24H22N2O3/c1-17(27)21-8-5-9-22(16-21)26-24(29)20-12-10-19(11-13-20)23(28)25-15-14-18-6-3-2-4-7-18/h2-13,16H,14-15H2,1H3,(H,25,28)(H,26,29). The molecular weight excluding hydrogens is 364 g/mol. The molecule has 5 heteroatoms. The molecular formula is C24H22N2O3. The minimum Gasteiger partial charge on any atom is -0.352 e. The van der Waals surface area contributed by atoms with Crippen LogP contribution in [0.5, 0.6) is 0 Å². The summed E-state index contributed by atoms with van der Waals surface area (Å²) in [6, 6.07) is 23.2. The van der Waals surface area contributed by atoms with Crippen molar-refractivity contribution >= 4 is 23.3 Å². The summed E-state index contributed by atoms with van der Waals surface area (Å²) in [4.78, 5) is 36.1. The summed E-state index contributed by atoms with van der Waals surface area (Å²) in [5.74, 6) is -0.549. The number of hydrogen-bond donors (Lipinski definition) is 2. The molecule has 146 valence electrons. The lowest BCUT2D eigenvalue weighted by atomic mass is 10.1. The highest BCUT2D eigenvalue weighted by Gasteiger charge is 2.10. The van der Waals surface area contributed by atoms with Gasteiger partial charge in [0.1, 0.15) is 0 Å². The van der Waals surface area contributed by atoms with Gasteiger partial charge < -0.3 is 10.6 Å². The Balaban J connectivity index is 1.56. The van der Waals surface area contributed by atoms with Crippen molar-refractivity contribution in [2.24, 2.45) is 0 Å². The second-order valence-corrected chi connectivity index (χ2v) is 6.66. The number of nitrogens with one attached hydrogen (secondary N) is 2. The average Bonchev–Trinajstić information content (AvgIpc) is 2.74. The second-order valence-electron chi connectivity index (χ2n) is 6.66. The minimum absolute atomic E-state index is 0.0660. The highest BCUT2D eigenvalue weighted by atomic mass is 16.2. The molecule has 0 atom stereocenters. The number of carbonyl (C=O) groups excluding carboxylic acids is 3. The third-order valence-corrected chi connectivity index (χ3v) is 4.48. The molecule has 0 unspecified atom stereocenters. The van der Waals surface area contributed by atoms with E-state index < -0.39 is 0 Å². The van der Waals surface area contributed by atoms with Crippen LogP contribution in [0.25, 0.3) is 0 Å². The van der Waals surface area contributed by atoms with Crippen LogP contribution >= 0.6 is 0 Å². The first-order valence-corrected chi connectivity index (χ1v) is 9.37. The van der Waals surface area contributed by atoms with Crippen LogP contribution in [0.2, 0.25) is 0 Å². The number of amides is 2. The van der Waals surface area contributed by atoms with Gasteiger partial charge in [-0.25, -0.2) is 0 Å². The quantitative estimate of drug-likeness (QED) is 0.600. The number of Topliss-reactive ketones (excluding diaryl/α,β-unsaturated/α-hetero) is 1. The fourth-order valence-electron chi connectivity index (χ4n) is 2.86. The Labute approximate surface area is 169 Å². The molecule has 0 aliphatic rings. The summed E-state index contributed by atoms with van der Waals surface area (Å²) in [7, 11) is 0. The molecule has 2 N–H and O–H groups in total. The summed E-state index contributed by atoms with van der Waals surface area (Å²) in [6.07, 6.45) is 0.756. The Morgan fingerprint density at radius 1 is 0.724 bits per heavy atom. The van der Waals surface area contributed by atoms with Crippen LogP contribution in [-0.2, 0) is 6.42 Å². The molecule has 2 amide bonds. The van der Waals surface area contributed by atoms with Crippen molar-refractivity contribution in [3.8, 4) is 0 Å². The zero-order valence-electron chi connectivity index (χ0n) is 16.1. The fraction of sp³-hybridized carbons (Fsp3) is 0.125. The molecule has 0 saturated heterocycles.